The Balaban J connectivity index is 0.00000676. The van der Waals surface area contributed by atoms with Crippen LogP contribution in [0.15, 0.2) is 23.2 Å². The summed E-state index contributed by atoms with van der Waals surface area (Å²) in [7, 11) is 1.71. The highest BCUT2D eigenvalue weighted by Crippen LogP contribution is 2.18. The third-order valence-corrected chi connectivity index (χ3v) is 3.31. The molecule has 1 rings (SSSR count). The Hall–Kier alpha value is -1.71. The largest absolute Gasteiger partial charge is 0.494 e. The maximum Gasteiger partial charge on any atom is 0.407 e. The summed E-state index contributed by atoms with van der Waals surface area (Å²) in [6, 6.07) is 6.11. The molecule has 0 bridgehead atoms. The predicted octanol–water partition coefficient (Wildman–Crippen LogP) is 3.20. The first-order chi connectivity index (χ1) is 12.2. The number of aliphatic imine (C=N–C) groups is 1. The number of alkyl carbamates (subject to hydrolysis) is 1. The Morgan fingerprint density at radius 2 is 1.81 bits per heavy atom. The van der Waals surface area contributed by atoms with Gasteiger partial charge in [0, 0.05) is 26.7 Å². The van der Waals surface area contributed by atoms with Gasteiger partial charge in [-0.3, -0.25) is 4.99 Å². The van der Waals surface area contributed by atoms with E-state index in [4.69, 9.17) is 9.47 Å². The second-order valence-corrected chi connectivity index (χ2v) is 6.81. The van der Waals surface area contributed by atoms with Crippen molar-refractivity contribution in [2.75, 3.05) is 26.7 Å². The molecule has 27 heavy (non-hydrogen) atoms. The molecule has 3 N–H and O–H groups in total. The number of nitrogens with zero attached hydrogens (tertiary/aromatic N) is 1. The smallest absolute Gasteiger partial charge is 0.407 e. The molecule has 0 aliphatic rings. The Morgan fingerprint density at radius 3 is 2.37 bits per heavy atom. The van der Waals surface area contributed by atoms with Crippen LogP contribution in [-0.2, 0) is 11.3 Å². The minimum atomic E-state index is -0.495. The molecule has 1 amide bonds. The second kappa shape index (κ2) is 12.6. The van der Waals surface area contributed by atoms with E-state index in [2.05, 4.69) is 27.0 Å². The summed E-state index contributed by atoms with van der Waals surface area (Å²) in [4.78, 5) is 15.7. The molecule has 0 aliphatic heterocycles. The molecule has 0 saturated heterocycles. The van der Waals surface area contributed by atoms with Crippen LogP contribution in [-0.4, -0.2) is 44.4 Å². The number of amides is 1. The number of hydrogen-bond donors (Lipinski definition) is 3. The number of nitrogens with one attached hydrogen (secondary N) is 3. The summed E-state index contributed by atoms with van der Waals surface area (Å²) in [6.07, 6.45) is -0.424. The molecule has 0 heterocycles. The van der Waals surface area contributed by atoms with Crippen LogP contribution in [0.2, 0.25) is 0 Å². The summed E-state index contributed by atoms with van der Waals surface area (Å²) >= 11 is 0. The second-order valence-electron chi connectivity index (χ2n) is 6.81. The van der Waals surface area contributed by atoms with E-state index < -0.39 is 11.7 Å². The number of carbonyl (C=O) groups is 1. The van der Waals surface area contributed by atoms with Crippen molar-refractivity contribution < 1.29 is 14.3 Å². The Bertz CT molecular complexity index is 615. The summed E-state index contributed by atoms with van der Waals surface area (Å²) in [5.74, 6) is 1.58. The third-order valence-electron chi connectivity index (χ3n) is 3.31. The van der Waals surface area contributed by atoms with Crippen molar-refractivity contribution in [2.45, 2.75) is 46.8 Å². The van der Waals surface area contributed by atoms with E-state index in [9.17, 15) is 4.79 Å². The zero-order chi connectivity index (χ0) is 19.6. The van der Waals surface area contributed by atoms with Gasteiger partial charge in [0.1, 0.15) is 11.4 Å². The van der Waals surface area contributed by atoms with Crippen molar-refractivity contribution in [3.8, 4) is 5.75 Å². The van der Waals surface area contributed by atoms with Crippen molar-refractivity contribution >= 4 is 36.0 Å². The fourth-order valence-corrected chi connectivity index (χ4v) is 2.20. The van der Waals surface area contributed by atoms with Crippen molar-refractivity contribution in [1.82, 2.24) is 16.0 Å². The molecular weight excluding hydrogens is 459 g/mol. The van der Waals surface area contributed by atoms with E-state index in [0.29, 0.717) is 32.2 Å². The molecule has 0 radical (unpaired) electrons. The normalized spacial score (nSPS) is 11.3. The fraction of sp³-hybridized carbons (Fsp3) is 0.579. The SMILES string of the molecule is CCOc1ccc(CNC(=NC)NCCNC(=O)OC(C)(C)C)cc1C.I. The maximum absolute atomic E-state index is 11.6. The number of rotatable bonds is 7. The molecule has 154 valence electrons. The highest BCUT2D eigenvalue weighted by atomic mass is 127. The van der Waals surface area contributed by atoms with Gasteiger partial charge < -0.3 is 25.4 Å². The average molecular weight is 492 g/mol. The van der Waals surface area contributed by atoms with Crippen molar-refractivity contribution in [3.05, 3.63) is 29.3 Å². The van der Waals surface area contributed by atoms with Crippen LogP contribution in [0, 0.1) is 6.92 Å². The molecule has 0 aromatic heterocycles. The van der Waals surface area contributed by atoms with Gasteiger partial charge in [-0.25, -0.2) is 4.79 Å². The molecule has 1 aromatic carbocycles. The Kier molecular flexibility index (Phi) is 11.8. The first-order valence-electron chi connectivity index (χ1n) is 8.89. The summed E-state index contributed by atoms with van der Waals surface area (Å²) in [6.45, 7) is 11.8. The van der Waals surface area contributed by atoms with Crippen LogP contribution in [0.1, 0.15) is 38.8 Å². The van der Waals surface area contributed by atoms with Gasteiger partial charge in [0.2, 0.25) is 0 Å². The van der Waals surface area contributed by atoms with E-state index in [1.165, 1.54) is 0 Å². The molecule has 7 nitrogen and oxygen atoms in total. The lowest BCUT2D eigenvalue weighted by molar-refractivity contribution is 0.0529. The van der Waals surface area contributed by atoms with Crippen molar-refractivity contribution in [1.29, 1.82) is 0 Å². The molecule has 0 unspecified atom stereocenters. The number of guanidine groups is 1. The van der Waals surface area contributed by atoms with E-state index in [1.807, 2.05) is 46.8 Å². The Morgan fingerprint density at radius 1 is 1.15 bits per heavy atom. The lowest BCUT2D eigenvalue weighted by Gasteiger charge is -2.20. The molecule has 0 fully saturated rings. The van der Waals surface area contributed by atoms with Gasteiger partial charge >= 0.3 is 6.09 Å². The first kappa shape index (κ1) is 25.3. The van der Waals surface area contributed by atoms with E-state index >= 15 is 0 Å². The predicted molar refractivity (Wildman–Crippen MR) is 120 cm³/mol. The minimum absolute atomic E-state index is 0. The number of aryl methyl sites for hydroxylation is 1. The minimum Gasteiger partial charge on any atom is -0.494 e. The van der Waals surface area contributed by atoms with E-state index in [1.54, 1.807) is 7.05 Å². The molecule has 0 aliphatic carbocycles. The Labute approximate surface area is 179 Å². The zero-order valence-corrected chi connectivity index (χ0v) is 19.5. The first-order valence-corrected chi connectivity index (χ1v) is 8.89. The molecule has 0 atom stereocenters. The van der Waals surface area contributed by atoms with Crippen LogP contribution in [0.25, 0.3) is 0 Å². The van der Waals surface area contributed by atoms with Crippen LogP contribution in [0.5, 0.6) is 5.75 Å². The third kappa shape index (κ3) is 10.9. The molecule has 1 aromatic rings. The molecule has 8 heteroatoms. The lowest BCUT2D eigenvalue weighted by atomic mass is 10.1. The van der Waals surface area contributed by atoms with Gasteiger partial charge in [-0.1, -0.05) is 12.1 Å². The highest BCUT2D eigenvalue weighted by molar-refractivity contribution is 14.0. The van der Waals surface area contributed by atoms with Gasteiger partial charge in [0.15, 0.2) is 5.96 Å². The van der Waals surface area contributed by atoms with Crippen LogP contribution in [0.3, 0.4) is 0 Å². The summed E-state index contributed by atoms with van der Waals surface area (Å²) in [5.41, 5.74) is 1.75. The van der Waals surface area contributed by atoms with Gasteiger partial charge in [-0.15, -0.1) is 24.0 Å². The monoisotopic (exact) mass is 492 g/mol. The van der Waals surface area contributed by atoms with Crippen LogP contribution >= 0.6 is 24.0 Å². The molecular formula is C19H33IN4O3. The number of benzene rings is 1. The van der Waals surface area contributed by atoms with Crippen LogP contribution in [0.4, 0.5) is 4.79 Å². The number of carbonyl (C=O) groups excluding carboxylic acids is 1. The standard InChI is InChI=1S/C19H32N4O3.HI/c1-7-25-16-9-8-15(12-14(16)2)13-23-17(20-6)21-10-11-22-18(24)26-19(3,4)5;/h8-9,12H,7,10-11,13H2,1-6H3,(H,22,24)(H2,20,21,23);1H. The number of halogens is 1. The van der Waals surface area contributed by atoms with Crippen molar-refractivity contribution in [2.24, 2.45) is 4.99 Å². The lowest BCUT2D eigenvalue weighted by Crippen LogP contribution is -2.42. The summed E-state index contributed by atoms with van der Waals surface area (Å²) < 4.78 is 10.7. The van der Waals surface area contributed by atoms with Gasteiger partial charge in [-0.2, -0.15) is 0 Å². The quantitative estimate of drug-likeness (QED) is 0.236. The summed E-state index contributed by atoms with van der Waals surface area (Å²) in [5, 5.41) is 9.09. The van der Waals surface area contributed by atoms with Crippen LogP contribution < -0.4 is 20.7 Å². The van der Waals surface area contributed by atoms with Gasteiger partial charge in [0.25, 0.3) is 0 Å². The number of ether oxygens (including phenoxy) is 2. The molecule has 0 spiro atoms. The van der Waals surface area contributed by atoms with Crippen molar-refractivity contribution in [3.63, 3.8) is 0 Å². The topological polar surface area (TPSA) is 84.0 Å². The van der Waals surface area contributed by atoms with Gasteiger partial charge in [-0.05, 0) is 51.8 Å². The fourth-order valence-electron chi connectivity index (χ4n) is 2.20. The molecule has 0 saturated carbocycles. The van der Waals surface area contributed by atoms with E-state index in [-0.39, 0.29) is 24.0 Å². The van der Waals surface area contributed by atoms with E-state index in [0.717, 1.165) is 16.9 Å². The zero-order valence-electron chi connectivity index (χ0n) is 17.1. The average Bonchev–Trinajstić information content (AvgIpc) is 2.55. The highest BCUT2D eigenvalue weighted by Gasteiger charge is 2.15. The van der Waals surface area contributed by atoms with Gasteiger partial charge in [0.05, 0.1) is 6.61 Å². The maximum atomic E-state index is 11.6. The number of hydrogen-bond acceptors (Lipinski definition) is 4.